The number of benzene rings is 2. The molecule has 0 saturated heterocycles. The molecule has 46 heavy (non-hydrogen) atoms. The fourth-order valence-electron chi connectivity index (χ4n) is 6.00. The molecule has 1 aliphatic rings. The van der Waals surface area contributed by atoms with Crippen LogP contribution in [0.4, 0.5) is 0 Å². The molecule has 0 bridgehead atoms. The summed E-state index contributed by atoms with van der Waals surface area (Å²) in [5.41, 5.74) is 6.40. The second-order valence-corrected chi connectivity index (χ2v) is 19.7. The van der Waals surface area contributed by atoms with E-state index in [0.29, 0.717) is 0 Å². The Kier molecular flexibility index (Phi) is 17.3. The number of rotatable bonds is 4. The van der Waals surface area contributed by atoms with E-state index in [9.17, 15) is 0 Å². The molecule has 0 unspecified atom stereocenters. The molecule has 3 aromatic rings. The van der Waals surface area contributed by atoms with Crippen LogP contribution < -0.4 is 24.8 Å². The zero-order valence-corrected chi connectivity index (χ0v) is 36.1. The predicted molar refractivity (Wildman–Crippen MR) is 197 cm³/mol. The minimum absolute atomic E-state index is 0. The molecule has 0 aliphatic heterocycles. The summed E-state index contributed by atoms with van der Waals surface area (Å²) in [4.78, 5) is 0. The minimum atomic E-state index is 0. The fraction of sp³-hybridized carbons (Fsp3) is 0.581. The van der Waals surface area contributed by atoms with Gasteiger partial charge in [0.25, 0.3) is 0 Å². The van der Waals surface area contributed by atoms with Gasteiger partial charge in [-0.3, -0.25) is 6.08 Å². The van der Waals surface area contributed by atoms with Gasteiger partial charge in [0.15, 0.2) is 0 Å². The molecule has 0 nitrogen and oxygen atoms in total. The average molecular weight is 743 g/mol. The molecule has 0 fully saturated rings. The van der Waals surface area contributed by atoms with E-state index in [2.05, 4.69) is 153 Å². The van der Waals surface area contributed by atoms with Crippen LogP contribution in [0, 0.1) is 17.9 Å². The van der Waals surface area contributed by atoms with E-state index in [1.807, 2.05) is 12.2 Å². The molecule has 0 saturated carbocycles. The van der Waals surface area contributed by atoms with Gasteiger partial charge in [-0.05, 0) is 21.7 Å². The van der Waals surface area contributed by atoms with Gasteiger partial charge in [-0.25, -0.2) is 12.2 Å². The van der Waals surface area contributed by atoms with Gasteiger partial charge in [-0.2, -0.15) is 6.08 Å². The van der Waals surface area contributed by atoms with Crippen molar-refractivity contribution < 1.29 is 49.0 Å². The van der Waals surface area contributed by atoms with Crippen LogP contribution >= 0.6 is 0 Å². The Hall–Kier alpha value is -0.877. The summed E-state index contributed by atoms with van der Waals surface area (Å²) in [5, 5.41) is 5.57. The van der Waals surface area contributed by atoms with Crippen LogP contribution in [0.1, 0.15) is 152 Å². The van der Waals surface area contributed by atoms with E-state index in [4.69, 9.17) is 0 Å². The number of allylic oxidation sites excluding steroid dienone is 4. The Bertz CT molecular complexity index is 1360. The summed E-state index contributed by atoms with van der Waals surface area (Å²) >= 11 is 1.65. The second-order valence-electron chi connectivity index (χ2n) is 17.9. The molecule has 0 atom stereocenters. The maximum Gasteiger partial charge on any atom is -0.109 e. The monoisotopic (exact) mass is 740 g/mol. The fourth-order valence-corrected chi connectivity index (χ4v) is 8.00. The Morgan fingerprint density at radius 2 is 0.957 bits per heavy atom. The van der Waals surface area contributed by atoms with E-state index in [1.54, 1.807) is 27.4 Å². The first-order valence-corrected chi connectivity index (χ1v) is 18.2. The van der Waals surface area contributed by atoms with Gasteiger partial charge in [-0.1, -0.05) is 117 Å². The van der Waals surface area contributed by atoms with Gasteiger partial charge in [-0.15, -0.1) is 46.2 Å². The first-order chi connectivity index (χ1) is 19.9. The molecule has 4 rings (SSSR count). The predicted octanol–water partition coefficient (Wildman–Crippen LogP) is 7.01. The van der Waals surface area contributed by atoms with Crippen molar-refractivity contribution in [3.05, 3.63) is 76.9 Å². The smallest absolute Gasteiger partial charge is 0.109 e. The molecular formula is C43H64Cl2Zr-2. The second kappa shape index (κ2) is 17.7. The van der Waals surface area contributed by atoms with Gasteiger partial charge >= 0.3 is 79.8 Å². The Labute approximate surface area is 312 Å². The summed E-state index contributed by atoms with van der Waals surface area (Å²) in [6.45, 7) is 37.2. The van der Waals surface area contributed by atoms with Crippen LogP contribution in [-0.4, -0.2) is 3.21 Å². The third-order valence-corrected chi connectivity index (χ3v) is 9.11. The topological polar surface area (TPSA) is 0 Å². The summed E-state index contributed by atoms with van der Waals surface area (Å²) in [7, 11) is 0. The molecule has 0 N–H and O–H groups in total. The average Bonchev–Trinajstić information content (AvgIpc) is 3.51. The number of hydrogen-bond acceptors (Lipinski definition) is 0. The maximum absolute atomic E-state index is 2.99. The molecule has 1 aliphatic carbocycles. The quantitative estimate of drug-likeness (QED) is 0.253. The number of halogens is 2. The normalized spacial score (nSPS) is 13.3. The van der Waals surface area contributed by atoms with Crippen molar-refractivity contribution in [1.82, 2.24) is 0 Å². The Balaban J connectivity index is 0.000000988. The number of hydrogen-bond donors (Lipinski definition) is 0. The van der Waals surface area contributed by atoms with Crippen molar-refractivity contribution >= 4 is 24.8 Å². The summed E-state index contributed by atoms with van der Waals surface area (Å²) in [6.07, 6.45) is 12.7. The van der Waals surface area contributed by atoms with Crippen LogP contribution in [0.2, 0.25) is 0 Å². The van der Waals surface area contributed by atoms with E-state index >= 15 is 0 Å². The zero-order valence-electron chi connectivity index (χ0n) is 32.2. The molecular weight excluding hydrogens is 679 g/mol. The van der Waals surface area contributed by atoms with Crippen molar-refractivity contribution in [2.45, 2.75) is 152 Å². The maximum atomic E-state index is 2.99. The molecule has 0 aromatic heterocycles. The largest absolute Gasteiger partial charge is 1.00 e. The van der Waals surface area contributed by atoms with Gasteiger partial charge in [0, 0.05) is 0 Å². The minimum Gasteiger partial charge on any atom is -1.00 e. The van der Waals surface area contributed by atoms with Crippen LogP contribution in [0.5, 0.6) is 0 Å². The van der Waals surface area contributed by atoms with Crippen LogP contribution in [0.25, 0.3) is 21.5 Å². The van der Waals surface area contributed by atoms with Gasteiger partial charge in [0.1, 0.15) is 0 Å². The Morgan fingerprint density at radius 1 is 0.630 bits per heavy atom. The van der Waals surface area contributed by atoms with Crippen LogP contribution in [0.15, 0.2) is 48.6 Å². The molecule has 0 spiro atoms. The van der Waals surface area contributed by atoms with Crippen molar-refractivity contribution in [2.24, 2.45) is 11.8 Å². The van der Waals surface area contributed by atoms with E-state index in [0.717, 1.165) is 18.3 Å². The summed E-state index contributed by atoms with van der Waals surface area (Å²) in [6, 6.07) is 12.3. The molecule has 3 heteroatoms. The molecule has 0 amide bonds. The van der Waals surface area contributed by atoms with Crippen molar-refractivity contribution in [3.8, 4) is 0 Å². The van der Waals surface area contributed by atoms with E-state index < -0.39 is 0 Å². The van der Waals surface area contributed by atoms with Crippen molar-refractivity contribution in [1.29, 1.82) is 0 Å². The standard InChI is InChI=1S/C29H41.C9H18.C5H5.2ClH.Zr/c1-26(2,3)22-14-18-13-19-15-23(27(4,5)6)25(29(10,11)12)17-21(19)20(18)16-24(22)28(7,8)9;1-8(2)6-5-7-9(3)4;1-2-4-5-3-1;;;/h13-17H,1-12H3;8-9H,6-7H2,1-4H3;1-3H,4H2;2*1H;/q-1;;-1;;;+2/p-2. The van der Waals surface area contributed by atoms with Crippen LogP contribution in [-0.2, 0) is 45.9 Å². The molecule has 0 heterocycles. The Morgan fingerprint density at radius 3 is 1.17 bits per heavy atom. The summed E-state index contributed by atoms with van der Waals surface area (Å²) in [5.74, 6) is 1.71. The third kappa shape index (κ3) is 13.2. The van der Waals surface area contributed by atoms with Crippen molar-refractivity contribution in [2.75, 3.05) is 0 Å². The van der Waals surface area contributed by atoms with Crippen LogP contribution in [0.3, 0.4) is 0 Å². The number of fused-ring (bicyclic) bond motifs is 3. The zero-order chi connectivity index (χ0) is 33.8. The first kappa shape index (κ1) is 45.1. The summed E-state index contributed by atoms with van der Waals surface area (Å²) < 4.78 is 1.75. The first-order valence-electron chi connectivity index (χ1n) is 16.9. The van der Waals surface area contributed by atoms with E-state index in [1.165, 1.54) is 56.6 Å². The van der Waals surface area contributed by atoms with Gasteiger partial charge in [0.05, 0.1) is 0 Å². The molecule has 0 radical (unpaired) electrons. The van der Waals surface area contributed by atoms with Gasteiger partial charge in [0.2, 0.25) is 0 Å². The molecule has 256 valence electrons. The third-order valence-electron chi connectivity index (χ3n) is 8.11. The van der Waals surface area contributed by atoms with Gasteiger partial charge < -0.3 is 24.8 Å². The van der Waals surface area contributed by atoms with E-state index in [-0.39, 0.29) is 46.5 Å². The SMILES string of the molecule is CC(C)(C)c1cc2[cH-]c3cc(C(C)(C)C)c(C(C)(C)C)cc3c2cc1C(C)(C)C.CC(C)C[C](=[Zr+2])CC(C)C.[C-]1=CC=CC1.[Cl-].[Cl-]. The molecule has 3 aromatic carbocycles. The van der Waals surface area contributed by atoms with Crippen molar-refractivity contribution in [3.63, 3.8) is 0 Å².